The van der Waals surface area contributed by atoms with Gasteiger partial charge in [0.25, 0.3) is 0 Å². The van der Waals surface area contributed by atoms with Gasteiger partial charge in [-0.2, -0.15) is 0 Å². The maximum Gasteiger partial charge on any atom is 0.243 e. The Kier molecular flexibility index (Phi) is 7.25. The summed E-state index contributed by atoms with van der Waals surface area (Å²) in [4.78, 5) is 23.7. The number of benzene rings is 2. The number of nitrogen functional groups attached to an aromatic ring is 1. The number of hydrogen-bond acceptors (Lipinski definition) is 5. The van der Waals surface area contributed by atoms with Gasteiger partial charge >= 0.3 is 0 Å². The molecular formula is C17H18Cl2N4O4S. The third-order valence-corrected chi connectivity index (χ3v) is 5.61. The van der Waals surface area contributed by atoms with Gasteiger partial charge in [0, 0.05) is 5.69 Å². The van der Waals surface area contributed by atoms with Crippen molar-refractivity contribution in [3.05, 3.63) is 52.0 Å². The Balaban J connectivity index is 1.83. The lowest BCUT2D eigenvalue weighted by Crippen LogP contribution is -2.40. The highest BCUT2D eigenvalue weighted by molar-refractivity contribution is 7.89. The quantitative estimate of drug-likeness (QED) is 0.484. The zero-order chi connectivity index (χ0) is 20.9. The molecule has 0 aliphatic rings. The topological polar surface area (TPSA) is 130 Å². The number of carbonyl (C=O) groups is 2. The Bertz CT molecular complexity index is 972. The van der Waals surface area contributed by atoms with Crippen LogP contribution in [0.4, 0.5) is 11.4 Å². The molecule has 2 rings (SSSR count). The minimum absolute atomic E-state index is 0.0424. The van der Waals surface area contributed by atoms with E-state index in [9.17, 15) is 18.0 Å². The van der Waals surface area contributed by atoms with Gasteiger partial charge in [-0.15, -0.1) is 0 Å². The van der Waals surface area contributed by atoms with Crippen LogP contribution in [0.25, 0.3) is 0 Å². The molecule has 2 aromatic rings. The van der Waals surface area contributed by atoms with Crippen molar-refractivity contribution in [3.63, 3.8) is 0 Å². The summed E-state index contributed by atoms with van der Waals surface area (Å²) in [6.45, 7) is 0.947. The van der Waals surface area contributed by atoms with Crippen molar-refractivity contribution >= 4 is 56.4 Å². The molecule has 8 nitrogen and oxygen atoms in total. The average molecular weight is 445 g/mol. The molecule has 28 heavy (non-hydrogen) atoms. The highest BCUT2D eigenvalue weighted by atomic mass is 35.5. The van der Waals surface area contributed by atoms with E-state index in [0.29, 0.717) is 5.69 Å². The van der Waals surface area contributed by atoms with Crippen LogP contribution in [-0.2, 0) is 19.6 Å². The van der Waals surface area contributed by atoms with Crippen molar-refractivity contribution in [2.75, 3.05) is 24.1 Å². The van der Waals surface area contributed by atoms with Crippen LogP contribution in [0.15, 0.2) is 41.3 Å². The number of rotatable bonds is 7. The van der Waals surface area contributed by atoms with Gasteiger partial charge in [-0.25, -0.2) is 13.1 Å². The SMILES string of the molecule is Cc1ccc(S(=O)(=O)NCC(=O)NCC(=O)Nc2cc(Cl)c(N)c(Cl)c2)cc1. The van der Waals surface area contributed by atoms with Crippen molar-refractivity contribution < 1.29 is 18.0 Å². The largest absolute Gasteiger partial charge is 0.396 e. The van der Waals surface area contributed by atoms with Gasteiger partial charge in [0.15, 0.2) is 0 Å². The molecule has 0 saturated heterocycles. The lowest BCUT2D eigenvalue weighted by molar-refractivity contribution is -0.123. The molecule has 2 amide bonds. The minimum Gasteiger partial charge on any atom is -0.396 e. The predicted molar refractivity (Wildman–Crippen MR) is 109 cm³/mol. The van der Waals surface area contributed by atoms with E-state index in [1.165, 1.54) is 24.3 Å². The fraction of sp³-hybridized carbons (Fsp3) is 0.176. The van der Waals surface area contributed by atoms with E-state index >= 15 is 0 Å². The number of anilines is 2. The van der Waals surface area contributed by atoms with Gasteiger partial charge in [0.05, 0.1) is 33.7 Å². The van der Waals surface area contributed by atoms with Crippen molar-refractivity contribution in [3.8, 4) is 0 Å². The van der Waals surface area contributed by atoms with E-state index < -0.39 is 28.4 Å². The van der Waals surface area contributed by atoms with Gasteiger partial charge in [0.1, 0.15) is 0 Å². The molecule has 0 aliphatic heterocycles. The van der Waals surface area contributed by atoms with Crippen LogP contribution in [-0.4, -0.2) is 33.3 Å². The lowest BCUT2D eigenvalue weighted by atomic mass is 10.2. The number of nitrogens with two attached hydrogens (primary N) is 1. The van der Waals surface area contributed by atoms with Crippen molar-refractivity contribution in [1.82, 2.24) is 10.0 Å². The van der Waals surface area contributed by atoms with Gasteiger partial charge < -0.3 is 16.4 Å². The van der Waals surface area contributed by atoms with Crippen molar-refractivity contribution in [2.24, 2.45) is 0 Å². The van der Waals surface area contributed by atoms with Gasteiger partial charge in [-0.05, 0) is 31.2 Å². The Labute approximate surface area is 172 Å². The summed E-state index contributed by atoms with van der Waals surface area (Å²) in [6, 6.07) is 9.00. The molecule has 2 aromatic carbocycles. The van der Waals surface area contributed by atoms with Crippen molar-refractivity contribution in [2.45, 2.75) is 11.8 Å². The molecular weight excluding hydrogens is 427 g/mol. The summed E-state index contributed by atoms with van der Waals surface area (Å²) in [6.07, 6.45) is 0. The summed E-state index contributed by atoms with van der Waals surface area (Å²) < 4.78 is 26.4. The fourth-order valence-corrected chi connectivity index (χ4v) is 3.53. The van der Waals surface area contributed by atoms with E-state index in [2.05, 4.69) is 15.4 Å². The standard InChI is InChI=1S/C17H18Cl2N4O4S/c1-10-2-4-12(5-3-10)28(26,27)22-9-15(24)21-8-16(25)23-11-6-13(18)17(20)14(19)7-11/h2-7,22H,8-9,20H2,1H3,(H,21,24)(H,23,25). The first-order valence-corrected chi connectivity index (χ1v) is 10.2. The molecule has 0 saturated carbocycles. The summed E-state index contributed by atoms with van der Waals surface area (Å²) >= 11 is 11.8. The first-order chi connectivity index (χ1) is 13.1. The summed E-state index contributed by atoms with van der Waals surface area (Å²) in [7, 11) is -3.83. The van der Waals surface area contributed by atoms with E-state index in [1.54, 1.807) is 12.1 Å². The normalized spacial score (nSPS) is 11.1. The van der Waals surface area contributed by atoms with Crippen LogP contribution in [0, 0.1) is 6.92 Å². The molecule has 150 valence electrons. The second-order valence-corrected chi connectivity index (χ2v) is 8.40. The molecule has 0 atom stereocenters. The smallest absolute Gasteiger partial charge is 0.243 e. The number of halogens is 2. The third-order valence-electron chi connectivity index (χ3n) is 3.56. The fourth-order valence-electron chi connectivity index (χ4n) is 2.06. The lowest BCUT2D eigenvalue weighted by Gasteiger charge is -2.10. The molecule has 0 fully saturated rings. The van der Waals surface area contributed by atoms with Crippen LogP contribution in [0.1, 0.15) is 5.56 Å². The number of amides is 2. The second kappa shape index (κ2) is 9.24. The van der Waals surface area contributed by atoms with Crippen molar-refractivity contribution in [1.29, 1.82) is 0 Å². The Morgan fingerprint density at radius 2 is 1.57 bits per heavy atom. The van der Waals surface area contributed by atoms with Crippen LogP contribution >= 0.6 is 23.2 Å². The number of aryl methyl sites for hydroxylation is 1. The number of sulfonamides is 1. The second-order valence-electron chi connectivity index (χ2n) is 5.82. The number of nitrogens with one attached hydrogen (secondary N) is 3. The van der Waals surface area contributed by atoms with Crippen LogP contribution in [0.5, 0.6) is 0 Å². The molecule has 0 aromatic heterocycles. The number of hydrogen-bond donors (Lipinski definition) is 4. The summed E-state index contributed by atoms with van der Waals surface area (Å²) in [5.41, 5.74) is 7.02. The van der Waals surface area contributed by atoms with E-state index in [0.717, 1.165) is 5.56 Å². The maximum absolute atomic E-state index is 12.1. The number of carbonyl (C=O) groups excluding carboxylic acids is 2. The Morgan fingerprint density at radius 3 is 2.14 bits per heavy atom. The Hall–Kier alpha value is -2.33. The molecule has 0 heterocycles. The molecule has 0 spiro atoms. The highest BCUT2D eigenvalue weighted by Gasteiger charge is 2.16. The first kappa shape index (κ1) is 22.0. The third kappa shape index (κ3) is 6.10. The molecule has 11 heteroatoms. The highest BCUT2D eigenvalue weighted by Crippen LogP contribution is 2.30. The summed E-state index contributed by atoms with van der Waals surface area (Å²) in [5.74, 6) is -1.22. The Morgan fingerprint density at radius 1 is 1.00 bits per heavy atom. The molecule has 0 radical (unpaired) electrons. The first-order valence-electron chi connectivity index (χ1n) is 7.96. The molecule has 0 unspecified atom stereocenters. The summed E-state index contributed by atoms with van der Waals surface area (Å²) in [5, 5.41) is 5.16. The molecule has 5 N–H and O–H groups in total. The maximum atomic E-state index is 12.1. The minimum atomic E-state index is -3.83. The van der Waals surface area contributed by atoms with Crippen LogP contribution in [0.2, 0.25) is 10.0 Å². The van der Waals surface area contributed by atoms with Crippen LogP contribution < -0.4 is 21.1 Å². The van der Waals surface area contributed by atoms with Gasteiger partial charge in [-0.1, -0.05) is 40.9 Å². The molecule has 0 aliphatic carbocycles. The predicted octanol–water partition coefficient (Wildman–Crippen LogP) is 1.92. The van der Waals surface area contributed by atoms with E-state index in [4.69, 9.17) is 28.9 Å². The average Bonchev–Trinajstić information content (AvgIpc) is 2.63. The zero-order valence-electron chi connectivity index (χ0n) is 14.8. The van der Waals surface area contributed by atoms with Crippen LogP contribution in [0.3, 0.4) is 0 Å². The zero-order valence-corrected chi connectivity index (χ0v) is 17.1. The van der Waals surface area contributed by atoms with Gasteiger partial charge in [0.2, 0.25) is 21.8 Å². The van der Waals surface area contributed by atoms with E-state index in [1.807, 2.05) is 6.92 Å². The van der Waals surface area contributed by atoms with Gasteiger partial charge in [-0.3, -0.25) is 9.59 Å². The molecule has 0 bridgehead atoms. The van der Waals surface area contributed by atoms with E-state index in [-0.39, 0.29) is 27.2 Å². The monoisotopic (exact) mass is 444 g/mol.